The monoisotopic (exact) mass is 304 g/mol. The van der Waals surface area contributed by atoms with Crippen LogP contribution in [0.5, 0.6) is 0 Å². The lowest BCUT2D eigenvalue weighted by molar-refractivity contribution is -0.169. The third kappa shape index (κ3) is 1.74. The van der Waals surface area contributed by atoms with Crippen LogP contribution in [0.15, 0.2) is 0 Å². The van der Waals surface area contributed by atoms with Crippen LogP contribution in [0.4, 0.5) is 0 Å². The van der Waals surface area contributed by atoms with Gasteiger partial charge in [-0.25, -0.2) is 0 Å². The predicted octanol–water partition coefficient (Wildman–Crippen LogP) is 4.35. The Morgan fingerprint density at radius 3 is 2.50 bits per heavy atom. The summed E-state index contributed by atoms with van der Waals surface area (Å²) in [6.45, 7) is 7.23. The molecule has 2 nitrogen and oxygen atoms in total. The predicted molar refractivity (Wildman–Crippen MR) is 87.4 cm³/mol. The van der Waals surface area contributed by atoms with Gasteiger partial charge < -0.3 is 5.11 Å². The molecule has 4 aliphatic carbocycles. The van der Waals surface area contributed by atoms with Crippen molar-refractivity contribution in [2.24, 2.45) is 34.0 Å². The Kier molecular flexibility index (Phi) is 3.16. The molecule has 7 atom stereocenters. The van der Waals surface area contributed by atoms with E-state index >= 15 is 0 Å². The molecule has 22 heavy (non-hydrogen) atoms. The first-order valence-electron chi connectivity index (χ1n) is 9.52. The number of hydrogen-bond acceptors (Lipinski definition) is 2. The molecule has 4 rings (SSSR count). The normalized spacial score (nSPS) is 57.9. The van der Waals surface area contributed by atoms with Gasteiger partial charge in [0.25, 0.3) is 0 Å². The fraction of sp³-hybridized carbons (Fsp3) is 0.950. The average molecular weight is 304 g/mol. The van der Waals surface area contributed by atoms with E-state index in [9.17, 15) is 9.90 Å². The minimum atomic E-state index is -0.0865. The first-order valence-corrected chi connectivity index (χ1v) is 9.52. The van der Waals surface area contributed by atoms with E-state index in [4.69, 9.17) is 0 Å². The lowest BCUT2D eigenvalue weighted by Gasteiger charge is -2.64. The largest absolute Gasteiger partial charge is 0.393 e. The molecule has 4 fully saturated rings. The van der Waals surface area contributed by atoms with E-state index in [0.29, 0.717) is 22.5 Å². The first kappa shape index (κ1) is 15.2. The van der Waals surface area contributed by atoms with Gasteiger partial charge in [-0.2, -0.15) is 0 Å². The maximum Gasteiger partial charge on any atom is 0.139 e. The first-order chi connectivity index (χ1) is 10.3. The van der Waals surface area contributed by atoms with E-state index in [0.717, 1.165) is 43.9 Å². The SMILES string of the molecule is C[C@]12CC[C@H]3[C@@H](CC[C@]4(C)C(=O)CC[C@@H]34)[C@]1(C)CC[C@@H](O)C2. The summed E-state index contributed by atoms with van der Waals surface area (Å²) in [6.07, 6.45) is 9.95. The lowest BCUT2D eigenvalue weighted by atomic mass is 9.40. The van der Waals surface area contributed by atoms with Crippen LogP contribution in [0.3, 0.4) is 0 Å². The Morgan fingerprint density at radius 2 is 1.73 bits per heavy atom. The number of aliphatic hydroxyl groups excluding tert-OH is 1. The maximum atomic E-state index is 12.4. The van der Waals surface area contributed by atoms with Gasteiger partial charge >= 0.3 is 0 Å². The second kappa shape index (κ2) is 4.59. The Morgan fingerprint density at radius 1 is 0.955 bits per heavy atom. The van der Waals surface area contributed by atoms with Gasteiger partial charge in [-0.1, -0.05) is 20.8 Å². The number of Topliss-reactive ketones (excluding diaryl/α,β-unsaturated/α-hetero) is 1. The van der Waals surface area contributed by atoms with Crippen molar-refractivity contribution in [3.05, 3.63) is 0 Å². The van der Waals surface area contributed by atoms with Gasteiger partial charge in [0.1, 0.15) is 5.78 Å². The number of ketones is 1. The number of aliphatic hydroxyl groups is 1. The molecule has 0 aliphatic heterocycles. The number of hydrogen-bond donors (Lipinski definition) is 1. The molecule has 0 unspecified atom stereocenters. The van der Waals surface area contributed by atoms with Crippen LogP contribution in [-0.4, -0.2) is 17.0 Å². The van der Waals surface area contributed by atoms with E-state index in [-0.39, 0.29) is 11.5 Å². The number of fused-ring (bicyclic) bond motifs is 5. The minimum absolute atomic E-state index is 0.000547. The molecule has 0 bridgehead atoms. The molecule has 4 aliphatic rings. The molecule has 0 heterocycles. The summed E-state index contributed by atoms with van der Waals surface area (Å²) >= 11 is 0. The highest BCUT2D eigenvalue weighted by molar-refractivity contribution is 5.87. The highest BCUT2D eigenvalue weighted by Crippen LogP contribution is 2.69. The molecule has 0 amide bonds. The summed E-state index contributed by atoms with van der Waals surface area (Å²) < 4.78 is 0. The van der Waals surface area contributed by atoms with Crippen LogP contribution in [0.2, 0.25) is 0 Å². The highest BCUT2D eigenvalue weighted by Gasteiger charge is 2.63. The second-order valence-electron chi connectivity index (χ2n) is 9.71. The summed E-state index contributed by atoms with van der Waals surface area (Å²) in [7, 11) is 0. The molecule has 1 N–H and O–H groups in total. The van der Waals surface area contributed by atoms with Crippen molar-refractivity contribution in [3.8, 4) is 0 Å². The summed E-state index contributed by atoms with van der Waals surface area (Å²) in [5.41, 5.74) is 0.684. The molecular weight excluding hydrogens is 272 g/mol. The van der Waals surface area contributed by atoms with Crippen LogP contribution in [0.1, 0.15) is 78.6 Å². The van der Waals surface area contributed by atoms with Gasteiger partial charge in [0, 0.05) is 11.8 Å². The third-order valence-corrected chi connectivity index (χ3v) is 9.06. The maximum absolute atomic E-state index is 12.4. The number of rotatable bonds is 0. The Labute approximate surface area is 135 Å². The van der Waals surface area contributed by atoms with E-state index in [1.807, 2.05) is 0 Å². The minimum Gasteiger partial charge on any atom is -0.393 e. The van der Waals surface area contributed by atoms with Gasteiger partial charge in [0.15, 0.2) is 0 Å². The van der Waals surface area contributed by atoms with Crippen LogP contribution >= 0.6 is 0 Å². The van der Waals surface area contributed by atoms with Gasteiger partial charge in [0.05, 0.1) is 6.10 Å². The highest BCUT2D eigenvalue weighted by atomic mass is 16.3. The zero-order valence-electron chi connectivity index (χ0n) is 14.5. The zero-order valence-corrected chi connectivity index (χ0v) is 14.5. The van der Waals surface area contributed by atoms with Crippen molar-refractivity contribution < 1.29 is 9.90 Å². The topological polar surface area (TPSA) is 37.3 Å². The molecule has 0 radical (unpaired) electrons. The van der Waals surface area contributed by atoms with Gasteiger partial charge in [0.2, 0.25) is 0 Å². The van der Waals surface area contributed by atoms with Crippen molar-refractivity contribution in [2.75, 3.05) is 0 Å². The molecule has 4 saturated carbocycles. The molecule has 0 aromatic carbocycles. The van der Waals surface area contributed by atoms with Crippen molar-refractivity contribution in [2.45, 2.75) is 84.7 Å². The zero-order chi connectivity index (χ0) is 15.8. The van der Waals surface area contributed by atoms with E-state index in [1.165, 1.54) is 25.7 Å². The quantitative estimate of drug-likeness (QED) is 0.722. The van der Waals surface area contributed by atoms with Crippen molar-refractivity contribution in [3.63, 3.8) is 0 Å². The lowest BCUT2D eigenvalue weighted by Crippen LogP contribution is -2.58. The standard InChI is InChI=1S/C20H32O2/c1-18-9-7-14-15-4-5-17(22)19(15,2)10-8-16(14)20(18,3)11-6-13(21)12-18/h13-16,21H,4-12H2,1-3H3/t13-,14-,15+,16-,18-,19+,20+/m1/s1. The summed E-state index contributed by atoms with van der Waals surface area (Å²) in [4.78, 5) is 12.4. The smallest absolute Gasteiger partial charge is 0.139 e. The van der Waals surface area contributed by atoms with E-state index in [2.05, 4.69) is 20.8 Å². The Hall–Kier alpha value is -0.370. The second-order valence-corrected chi connectivity index (χ2v) is 9.71. The Balaban J connectivity index is 1.68. The fourth-order valence-electron chi connectivity index (χ4n) is 7.38. The van der Waals surface area contributed by atoms with Crippen LogP contribution < -0.4 is 0 Å². The van der Waals surface area contributed by atoms with E-state index in [1.54, 1.807) is 0 Å². The number of carbonyl (C=O) groups excluding carboxylic acids is 1. The van der Waals surface area contributed by atoms with Crippen LogP contribution in [-0.2, 0) is 4.79 Å². The molecule has 0 saturated heterocycles. The molecule has 0 spiro atoms. The third-order valence-electron chi connectivity index (χ3n) is 9.06. The fourth-order valence-corrected chi connectivity index (χ4v) is 7.38. The van der Waals surface area contributed by atoms with Crippen LogP contribution in [0, 0.1) is 34.0 Å². The molecular formula is C20H32O2. The summed E-state index contributed by atoms with van der Waals surface area (Å²) in [5, 5.41) is 10.2. The molecule has 0 aromatic heterocycles. The average Bonchev–Trinajstić information content (AvgIpc) is 2.76. The molecule has 0 aromatic rings. The van der Waals surface area contributed by atoms with Crippen molar-refractivity contribution in [1.29, 1.82) is 0 Å². The summed E-state index contributed by atoms with van der Waals surface area (Å²) in [5.74, 6) is 2.74. The molecule has 2 heteroatoms. The van der Waals surface area contributed by atoms with Crippen LogP contribution in [0.25, 0.3) is 0 Å². The van der Waals surface area contributed by atoms with Gasteiger partial charge in [-0.05, 0) is 80.0 Å². The number of carbonyl (C=O) groups is 1. The summed E-state index contributed by atoms with van der Waals surface area (Å²) in [6, 6.07) is 0. The van der Waals surface area contributed by atoms with E-state index < -0.39 is 0 Å². The van der Waals surface area contributed by atoms with Crippen molar-refractivity contribution in [1.82, 2.24) is 0 Å². The Bertz CT molecular complexity index is 500. The molecule has 124 valence electrons. The van der Waals surface area contributed by atoms with Gasteiger partial charge in [-0.15, -0.1) is 0 Å². The van der Waals surface area contributed by atoms with Crippen molar-refractivity contribution >= 4 is 5.78 Å². The van der Waals surface area contributed by atoms with Gasteiger partial charge in [-0.3, -0.25) is 4.79 Å².